The van der Waals surface area contributed by atoms with Crippen LogP contribution in [0, 0.1) is 11.6 Å². The van der Waals surface area contributed by atoms with Crippen molar-refractivity contribution in [2.24, 2.45) is 0 Å². The summed E-state index contributed by atoms with van der Waals surface area (Å²) in [5.41, 5.74) is -0.142. The predicted molar refractivity (Wildman–Crippen MR) is 53.5 cm³/mol. The molecule has 1 rings (SSSR count). The van der Waals surface area contributed by atoms with E-state index in [1.165, 1.54) is 0 Å². The molecule has 0 aliphatic rings. The molecule has 0 radical (unpaired) electrons. The molecule has 0 aliphatic carbocycles. The molecular formula is C9H9F2NOS. The van der Waals surface area contributed by atoms with E-state index in [9.17, 15) is 13.6 Å². The van der Waals surface area contributed by atoms with Gasteiger partial charge in [0.05, 0.1) is 5.69 Å². The van der Waals surface area contributed by atoms with E-state index in [1.54, 1.807) is 0 Å². The highest BCUT2D eigenvalue weighted by Crippen LogP contribution is 2.15. The second kappa shape index (κ2) is 4.95. The van der Waals surface area contributed by atoms with Crippen molar-refractivity contribution in [1.82, 2.24) is 0 Å². The summed E-state index contributed by atoms with van der Waals surface area (Å²) in [6.07, 6.45) is 0.166. The minimum absolute atomic E-state index is 0.142. The molecule has 14 heavy (non-hydrogen) atoms. The summed E-state index contributed by atoms with van der Waals surface area (Å²) in [6.45, 7) is 0. The first-order chi connectivity index (χ1) is 6.63. The van der Waals surface area contributed by atoms with E-state index in [0.29, 0.717) is 5.75 Å². The molecule has 1 N–H and O–H groups in total. The monoisotopic (exact) mass is 217 g/mol. The molecule has 0 aromatic heterocycles. The van der Waals surface area contributed by atoms with Crippen molar-refractivity contribution in [2.45, 2.75) is 6.42 Å². The number of hydrogen-bond donors (Lipinski definition) is 2. The maximum absolute atomic E-state index is 13.0. The van der Waals surface area contributed by atoms with Gasteiger partial charge in [0.2, 0.25) is 5.91 Å². The number of rotatable bonds is 3. The Morgan fingerprint density at radius 2 is 2.14 bits per heavy atom. The molecule has 0 saturated heterocycles. The summed E-state index contributed by atoms with van der Waals surface area (Å²) in [6, 6.07) is 2.89. The molecule has 0 spiro atoms. The number of nitrogens with one attached hydrogen (secondary N) is 1. The van der Waals surface area contributed by atoms with Gasteiger partial charge < -0.3 is 5.32 Å². The van der Waals surface area contributed by atoms with E-state index < -0.39 is 11.6 Å². The molecule has 2 nitrogen and oxygen atoms in total. The minimum Gasteiger partial charge on any atom is -0.323 e. The zero-order chi connectivity index (χ0) is 10.6. The van der Waals surface area contributed by atoms with Crippen LogP contribution in [0.25, 0.3) is 0 Å². The SMILES string of the molecule is O=C(CCS)Nc1cc(F)ccc1F. The normalized spacial score (nSPS) is 9.93. The van der Waals surface area contributed by atoms with Crippen LogP contribution >= 0.6 is 12.6 Å². The van der Waals surface area contributed by atoms with E-state index in [-0.39, 0.29) is 18.0 Å². The number of hydrogen-bond acceptors (Lipinski definition) is 2. The molecule has 0 heterocycles. The number of halogens is 2. The lowest BCUT2D eigenvalue weighted by Gasteiger charge is -2.04. The van der Waals surface area contributed by atoms with Gasteiger partial charge in [0, 0.05) is 12.5 Å². The minimum atomic E-state index is -0.654. The van der Waals surface area contributed by atoms with Crippen LogP contribution in [0.2, 0.25) is 0 Å². The average molecular weight is 217 g/mol. The molecule has 0 saturated carbocycles. The fourth-order valence-corrected chi connectivity index (χ4v) is 1.11. The zero-order valence-electron chi connectivity index (χ0n) is 7.26. The summed E-state index contributed by atoms with van der Waals surface area (Å²) in [5.74, 6) is -1.26. The van der Waals surface area contributed by atoms with Crippen molar-refractivity contribution in [3.8, 4) is 0 Å². The molecule has 0 atom stereocenters. The Kier molecular flexibility index (Phi) is 3.88. The maximum Gasteiger partial charge on any atom is 0.225 e. The second-order valence-corrected chi connectivity index (χ2v) is 3.09. The summed E-state index contributed by atoms with van der Waals surface area (Å²) in [7, 11) is 0. The number of amides is 1. The van der Waals surface area contributed by atoms with Crippen LogP contribution in [0.1, 0.15) is 6.42 Å². The lowest BCUT2D eigenvalue weighted by molar-refractivity contribution is -0.115. The van der Waals surface area contributed by atoms with Crippen LogP contribution in [-0.4, -0.2) is 11.7 Å². The van der Waals surface area contributed by atoms with Crippen LogP contribution in [0.3, 0.4) is 0 Å². The first kappa shape index (κ1) is 11.0. The lowest BCUT2D eigenvalue weighted by Crippen LogP contribution is -2.13. The van der Waals surface area contributed by atoms with E-state index in [2.05, 4.69) is 17.9 Å². The van der Waals surface area contributed by atoms with Crippen molar-refractivity contribution in [3.05, 3.63) is 29.8 Å². The van der Waals surface area contributed by atoms with E-state index in [1.807, 2.05) is 0 Å². The van der Waals surface area contributed by atoms with Gasteiger partial charge in [0.25, 0.3) is 0 Å². The molecule has 1 aromatic rings. The van der Waals surface area contributed by atoms with E-state index >= 15 is 0 Å². The van der Waals surface area contributed by atoms with Crippen molar-refractivity contribution in [2.75, 3.05) is 11.1 Å². The summed E-state index contributed by atoms with van der Waals surface area (Å²) >= 11 is 3.84. The van der Waals surface area contributed by atoms with Crippen molar-refractivity contribution in [3.63, 3.8) is 0 Å². The number of carbonyl (C=O) groups excluding carboxylic acids is 1. The highest BCUT2D eigenvalue weighted by Gasteiger charge is 2.06. The highest BCUT2D eigenvalue weighted by molar-refractivity contribution is 7.80. The smallest absolute Gasteiger partial charge is 0.225 e. The van der Waals surface area contributed by atoms with Crippen molar-refractivity contribution < 1.29 is 13.6 Å². The van der Waals surface area contributed by atoms with E-state index in [4.69, 9.17) is 0 Å². The number of anilines is 1. The second-order valence-electron chi connectivity index (χ2n) is 2.65. The van der Waals surface area contributed by atoms with Crippen LogP contribution in [0.5, 0.6) is 0 Å². The Balaban J connectivity index is 2.75. The van der Waals surface area contributed by atoms with Crippen molar-refractivity contribution in [1.29, 1.82) is 0 Å². The van der Waals surface area contributed by atoms with Gasteiger partial charge in [0.15, 0.2) is 0 Å². The Labute approximate surface area is 85.7 Å². The molecule has 76 valence electrons. The summed E-state index contributed by atoms with van der Waals surface area (Å²) in [5, 5.41) is 2.25. The van der Waals surface area contributed by atoms with Crippen LogP contribution in [0.4, 0.5) is 14.5 Å². The maximum atomic E-state index is 13.0. The fourth-order valence-electron chi connectivity index (χ4n) is 0.908. The standard InChI is InChI=1S/C9H9F2NOS/c10-6-1-2-7(11)8(5-6)12-9(13)3-4-14/h1-2,5,14H,3-4H2,(H,12,13). The van der Waals surface area contributed by atoms with E-state index in [0.717, 1.165) is 18.2 Å². The molecule has 0 aliphatic heterocycles. The number of thiol groups is 1. The first-order valence-corrected chi connectivity index (χ1v) is 4.62. The Bertz CT molecular complexity index is 344. The molecule has 1 aromatic carbocycles. The third kappa shape index (κ3) is 2.99. The van der Waals surface area contributed by atoms with Gasteiger partial charge in [-0.1, -0.05) is 0 Å². The Morgan fingerprint density at radius 1 is 1.43 bits per heavy atom. The molecular weight excluding hydrogens is 208 g/mol. The third-order valence-electron chi connectivity index (χ3n) is 1.54. The lowest BCUT2D eigenvalue weighted by atomic mass is 10.3. The van der Waals surface area contributed by atoms with Crippen LogP contribution in [-0.2, 0) is 4.79 Å². The summed E-state index contributed by atoms with van der Waals surface area (Å²) < 4.78 is 25.6. The zero-order valence-corrected chi connectivity index (χ0v) is 8.15. The highest BCUT2D eigenvalue weighted by atomic mass is 32.1. The van der Waals surface area contributed by atoms with Gasteiger partial charge in [-0.05, 0) is 17.9 Å². The van der Waals surface area contributed by atoms with Gasteiger partial charge in [-0.3, -0.25) is 4.79 Å². The molecule has 1 amide bonds. The molecule has 0 fully saturated rings. The summed E-state index contributed by atoms with van der Waals surface area (Å²) in [4.78, 5) is 11.0. The van der Waals surface area contributed by atoms with Gasteiger partial charge >= 0.3 is 0 Å². The van der Waals surface area contributed by atoms with Crippen molar-refractivity contribution >= 4 is 24.2 Å². The molecule has 0 unspecified atom stereocenters. The van der Waals surface area contributed by atoms with Crippen LogP contribution in [0.15, 0.2) is 18.2 Å². The van der Waals surface area contributed by atoms with Gasteiger partial charge in [-0.15, -0.1) is 0 Å². The van der Waals surface area contributed by atoms with Gasteiger partial charge in [0.1, 0.15) is 11.6 Å². The van der Waals surface area contributed by atoms with Gasteiger partial charge in [-0.2, -0.15) is 12.6 Å². The Hall–Kier alpha value is -1.10. The van der Waals surface area contributed by atoms with Crippen LogP contribution < -0.4 is 5.32 Å². The predicted octanol–water partition coefficient (Wildman–Crippen LogP) is 2.22. The number of carbonyl (C=O) groups is 1. The molecule has 5 heteroatoms. The van der Waals surface area contributed by atoms with Gasteiger partial charge in [-0.25, -0.2) is 8.78 Å². The topological polar surface area (TPSA) is 29.1 Å². The molecule has 0 bridgehead atoms. The third-order valence-corrected chi connectivity index (χ3v) is 1.76. The average Bonchev–Trinajstić information content (AvgIpc) is 2.12. The quantitative estimate of drug-likeness (QED) is 0.747. The largest absolute Gasteiger partial charge is 0.323 e. The Morgan fingerprint density at radius 3 is 2.79 bits per heavy atom. The number of benzene rings is 1. The fraction of sp³-hybridized carbons (Fsp3) is 0.222. The first-order valence-electron chi connectivity index (χ1n) is 3.99.